The number of hydrogen-bond acceptors (Lipinski definition) is 5. The van der Waals surface area contributed by atoms with Gasteiger partial charge in [0.05, 0.1) is 12.0 Å². The summed E-state index contributed by atoms with van der Waals surface area (Å²) >= 11 is 0. The maximum Gasteiger partial charge on any atom is 0.240 e. The molecule has 8 heteroatoms. The summed E-state index contributed by atoms with van der Waals surface area (Å²) in [5.41, 5.74) is 0.892. The van der Waals surface area contributed by atoms with Crippen molar-refractivity contribution in [3.63, 3.8) is 0 Å². The van der Waals surface area contributed by atoms with E-state index in [9.17, 15) is 12.8 Å². The van der Waals surface area contributed by atoms with Gasteiger partial charge in [-0.3, -0.25) is 4.90 Å². The first kappa shape index (κ1) is 20.7. The van der Waals surface area contributed by atoms with Gasteiger partial charge in [-0.1, -0.05) is 12.1 Å². The Morgan fingerprint density at radius 3 is 2.21 bits per heavy atom. The van der Waals surface area contributed by atoms with Crippen molar-refractivity contribution < 1.29 is 17.5 Å². The summed E-state index contributed by atoms with van der Waals surface area (Å²) in [6.45, 7) is 3.67. The van der Waals surface area contributed by atoms with Crippen molar-refractivity contribution in [3.8, 4) is 5.75 Å². The van der Waals surface area contributed by atoms with Crippen LogP contribution in [0, 0.1) is 5.82 Å². The fourth-order valence-corrected chi connectivity index (χ4v) is 4.34. The summed E-state index contributed by atoms with van der Waals surface area (Å²) in [5, 5.41) is 0. The van der Waals surface area contributed by atoms with E-state index in [0.29, 0.717) is 5.75 Å². The topological polar surface area (TPSA) is 61.9 Å². The molecule has 3 rings (SSSR count). The summed E-state index contributed by atoms with van der Waals surface area (Å²) in [6.07, 6.45) is 0. The highest BCUT2D eigenvalue weighted by Gasteiger charge is 2.26. The third kappa shape index (κ3) is 5.08. The molecule has 1 fully saturated rings. The van der Waals surface area contributed by atoms with Crippen molar-refractivity contribution in [2.24, 2.45) is 0 Å². The fourth-order valence-electron chi connectivity index (χ4n) is 3.30. The summed E-state index contributed by atoms with van der Waals surface area (Å²) < 4.78 is 46.6. The predicted octanol–water partition coefficient (Wildman–Crippen LogP) is 2.10. The Labute approximate surface area is 166 Å². The number of hydrogen-bond donors (Lipinski definition) is 1. The molecule has 28 heavy (non-hydrogen) atoms. The summed E-state index contributed by atoms with van der Waals surface area (Å²) in [7, 11) is -0.0637. The SMILES string of the molecule is COc1ccc(S(=O)(=O)NC[C@@H](c2ccc(F)cc2)N2CCN(C)CC2)cc1. The van der Waals surface area contributed by atoms with Crippen LogP contribution in [0.15, 0.2) is 53.4 Å². The Morgan fingerprint density at radius 2 is 1.64 bits per heavy atom. The van der Waals surface area contributed by atoms with E-state index in [1.807, 2.05) is 0 Å². The van der Waals surface area contributed by atoms with Gasteiger partial charge in [0.2, 0.25) is 10.0 Å². The molecule has 0 amide bonds. The fraction of sp³-hybridized carbons (Fsp3) is 0.400. The Balaban J connectivity index is 1.77. The van der Waals surface area contributed by atoms with Crippen LogP contribution in [-0.4, -0.2) is 65.1 Å². The number of ether oxygens (including phenoxy) is 1. The van der Waals surface area contributed by atoms with E-state index in [0.717, 1.165) is 31.7 Å². The van der Waals surface area contributed by atoms with Crippen LogP contribution in [0.3, 0.4) is 0 Å². The van der Waals surface area contributed by atoms with Crippen LogP contribution in [0.25, 0.3) is 0 Å². The molecule has 1 atom stereocenters. The summed E-state index contributed by atoms with van der Waals surface area (Å²) in [4.78, 5) is 4.66. The van der Waals surface area contributed by atoms with E-state index in [-0.39, 0.29) is 23.3 Å². The van der Waals surface area contributed by atoms with Gasteiger partial charge in [0.1, 0.15) is 11.6 Å². The lowest BCUT2D eigenvalue weighted by molar-refractivity contribution is 0.113. The number of piperazine rings is 1. The van der Waals surface area contributed by atoms with E-state index < -0.39 is 10.0 Å². The molecule has 2 aromatic rings. The number of halogens is 1. The van der Waals surface area contributed by atoms with Gasteiger partial charge < -0.3 is 9.64 Å². The van der Waals surface area contributed by atoms with Crippen LogP contribution in [0.2, 0.25) is 0 Å². The van der Waals surface area contributed by atoms with Crippen LogP contribution < -0.4 is 9.46 Å². The maximum atomic E-state index is 13.4. The molecule has 0 aromatic heterocycles. The number of benzene rings is 2. The first-order valence-corrected chi connectivity index (χ1v) is 10.7. The Bertz CT molecular complexity index is 865. The molecule has 1 saturated heterocycles. The van der Waals surface area contributed by atoms with Gasteiger partial charge in [-0.15, -0.1) is 0 Å². The average Bonchev–Trinajstić information content (AvgIpc) is 2.70. The van der Waals surface area contributed by atoms with E-state index >= 15 is 0 Å². The standard InChI is InChI=1S/C20H26FN3O3S/c1-23-11-13-24(14-12-23)20(16-3-5-17(21)6-4-16)15-22-28(25,26)19-9-7-18(27-2)8-10-19/h3-10,20,22H,11-15H2,1-2H3/t20-/m0/s1. The minimum Gasteiger partial charge on any atom is -0.497 e. The van der Waals surface area contributed by atoms with Gasteiger partial charge >= 0.3 is 0 Å². The zero-order valence-corrected chi connectivity index (χ0v) is 17.0. The Morgan fingerprint density at radius 1 is 1.04 bits per heavy atom. The van der Waals surface area contributed by atoms with E-state index in [1.165, 1.54) is 31.4 Å². The van der Waals surface area contributed by atoms with Crippen LogP contribution in [0.1, 0.15) is 11.6 Å². The zero-order chi connectivity index (χ0) is 20.1. The van der Waals surface area contributed by atoms with Gasteiger partial charge in [0, 0.05) is 38.8 Å². The molecule has 0 spiro atoms. The Hall–Kier alpha value is -2.00. The van der Waals surface area contributed by atoms with Crippen molar-refractivity contribution >= 4 is 10.0 Å². The van der Waals surface area contributed by atoms with Crippen LogP contribution >= 0.6 is 0 Å². The number of nitrogens with one attached hydrogen (secondary N) is 1. The maximum absolute atomic E-state index is 13.4. The largest absolute Gasteiger partial charge is 0.497 e. The second kappa shape index (κ2) is 9.00. The average molecular weight is 408 g/mol. The lowest BCUT2D eigenvalue weighted by Crippen LogP contribution is -2.48. The van der Waals surface area contributed by atoms with Crippen molar-refractivity contribution in [2.45, 2.75) is 10.9 Å². The summed E-state index contributed by atoms with van der Waals surface area (Å²) in [6, 6.07) is 12.4. The Kier molecular flexibility index (Phi) is 6.66. The highest BCUT2D eigenvalue weighted by molar-refractivity contribution is 7.89. The van der Waals surface area contributed by atoms with E-state index in [4.69, 9.17) is 4.74 Å². The molecule has 0 unspecified atom stereocenters. The molecule has 0 aliphatic carbocycles. The normalized spacial score (nSPS) is 17.4. The van der Waals surface area contributed by atoms with Crippen molar-refractivity contribution in [2.75, 3.05) is 46.9 Å². The van der Waals surface area contributed by atoms with Crippen molar-refractivity contribution in [1.29, 1.82) is 0 Å². The monoisotopic (exact) mass is 407 g/mol. The van der Waals surface area contributed by atoms with Gasteiger partial charge in [0.25, 0.3) is 0 Å². The van der Waals surface area contributed by atoms with Gasteiger partial charge in [0.15, 0.2) is 0 Å². The lowest BCUT2D eigenvalue weighted by atomic mass is 10.0. The summed E-state index contributed by atoms with van der Waals surface area (Å²) in [5.74, 6) is 0.292. The smallest absolute Gasteiger partial charge is 0.240 e. The number of nitrogens with zero attached hydrogens (tertiary/aromatic N) is 2. The van der Waals surface area contributed by atoms with Crippen LogP contribution in [0.5, 0.6) is 5.75 Å². The van der Waals surface area contributed by atoms with Gasteiger partial charge in [-0.25, -0.2) is 17.5 Å². The van der Waals surface area contributed by atoms with Crippen LogP contribution in [0.4, 0.5) is 4.39 Å². The van der Waals surface area contributed by atoms with Crippen LogP contribution in [-0.2, 0) is 10.0 Å². The minimum absolute atomic E-state index is 0.165. The minimum atomic E-state index is -3.66. The molecule has 1 aliphatic heterocycles. The molecule has 0 saturated carbocycles. The number of rotatable bonds is 7. The third-order valence-corrected chi connectivity index (χ3v) is 6.51. The lowest BCUT2D eigenvalue weighted by Gasteiger charge is -2.38. The first-order chi connectivity index (χ1) is 13.4. The molecule has 1 heterocycles. The molecule has 0 bridgehead atoms. The number of methoxy groups -OCH3 is 1. The molecule has 152 valence electrons. The van der Waals surface area contributed by atoms with Crippen molar-refractivity contribution in [3.05, 3.63) is 59.9 Å². The van der Waals surface area contributed by atoms with Gasteiger partial charge in [-0.2, -0.15) is 0 Å². The highest BCUT2D eigenvalue weighted by Crippen LogP contribution is 2.23. The first-order valence-electron chi connectivity index (χ1n) is 9.21. The second-order valence-corrected chi connectivity index (χ2v) is 8.70. The van der Waals surface area contributed by atoms with E-state index in [2.05, 4.69) is 21.6 Å². The van der Waals surface area contributed by atoms with Crippen molar-refractivity contribution in [1.82, 2.24) is 14.5 Å². The quantitative estimate of drug-likeness (QED) is 0.762. The van der Waals surface area contributed by atoms with E-state index in [1.54, 1.807) is 24.3 Å². The molecule has 1 aliphatic rings. The van der Waals surface area contributed by atoms with Gasteiger partial charge in [-0.05, 0) is 49.0 Å². The molecular weight excluding hydrogens is 381 g/mol. The molecule has 6 nitrogen and oxygen atoms in total. The molecular formula is C20H26FN3O3S. The third-order valence-electron chi connectivity index (χ3n) is 5.07. The predicted molar refractivity (Wildman–Crippen MR) is 106 cm³/mol. The second-order valence-electron chi connectivity index (χ2n) is 6.93. The highest BCUT2D eigenvalue weighted by atomic mass is 32.2. The zero-order valence-electron chi connectivity index (χ0n) is 16.1. The molecule has 1 N–H and O–H groups in total. The number of sulfonamides is 1. The molecule has 2 aromatic carbocycles. The molecule has 0 radical (unpaired) electrons. The number of likely N-dealkylation sites (N-methyl/N-ethyl adjacent to an activating group) is 1.